The Morgan fingerprint density at radius 1 is 1.20 bits per heavy atom. The number of hydrogen-bond acceptors (Lipinski definition) is 8. The Balaban J connectivity index is 1.45. The smallest absolute Gasteiger partial charge is 0.481 e. The fourth-order valence-electron chi connectivity index (χ4n) is 3.89. The van der Waals surface area contributed by atoms with Crippen LogP contribution in [0.1, 0.15) is 28.4 Å². The van der Waals surface area contributed by atoms with Crippen molar-refractivity contribution in [3.8, 4) is 5.75 Å². The van der Waals surface area contributed by atoms with Gasteiger partial charge in [-0.1, -0.05) is 6.07 Å². The third kappa shape index (κ3) is 7.80. The van der Waals surface area contributed by atoms with Gasteiger partial charge in [0, 0.05) is 10.9 Å². The highest BCUT2D eigenvalue weighted by atomic mass is 19.4. The van der Waals surface area contributed by atoms with Crippen LogP contribution in [0, 0.1) is 5.82 Å². The monoisotopic (exact) mass is 583 g/mol. The zero-order chi connectivity index (χ0) is 29.7. The number of rotatable bonds is 9. The van der Waals surface area contributed by atoms with Crippen LogP contribution in [-0.2, 0) is 9.59 Å². The van der Waals surface area contributed by atoms with Crippen LogP contribution in [0.5, 0.6) is 5.75 Å². The predicted octanol–water partition coefficient (Wildman–Crippen LogP) is 2.37. The van der Waals surface area contributed by atoms with Crippen LogP contribution >= 0.6 is 0 Å². The molecule has 17 heteroatoms. The van der Waals surface area contributed by atoms with E-state index >= 15 is 0 Å². The first-order valence-electron chi connectivity index (χ1n) is 11.9. The van der Waals surface area contributed by atoms with Gasteiger partial charge in [-0.2, -0.15) is 5.10 Å². The molecule has 0 fully saturated rings. The van der Waals surface area contributed by atoms with Crippen LogP contribution in [0.15, 0.2) is 41.5 Å². The van der Waals surface area contributed by atoms with E-state index in [2.05, 4.69) is 41.2 Å². The zero-order valence-electron chi connectivity index (χ0n) is 20.8. The molecule has 2 atom stereocenters. The third-order valence-corrected chi connectivity index (χ3v) is 5.72. The van der Waals surface area contributed by atoms with Gasteiger partial charge in [-0.25, -0.2) is 13.8 Å². The number of aromatic amines is 1. The minimum absolute atomic E-state index is 0.0450. The molecule has 2 aromatic carbocycles. The number of halogens is 5. The quantitative estimate of drug-likeness (QED) is 0.209. The first-order valence-corrected chi connectivity index (χ1v) is 11.9. The third-order valence-electron chi connectivity index (χ3n) is 5.72. The minimum Gasteiger partial charge on any atom is -0.481 e. The Morgan fingerprint density at radius 2 is 1.98 bits per heavy atom. The molecule has 2 unspecified atom stereocenters. The van der Waals surface area contributed by atoms with Crippen molar-refractivity contribution >= 4 is 40.3 Å². The Hall–Kier alpha value is -4.96. The fourth-order valence-corrected chi connectivity index (χ4v) is 3.89. The topological polar surface area (TPSA) is 170 Å². The molecule has 41 heavy (non-hydrogen) atoms. The average molecular weight is 583 g/mol. The van der Waals surface area contributed by atoms with Gasteiger partial charge in [-0.3, -0.25) is 19.5 Å². The molecule has 0 aliphatic carbocycles. The summed E-state index contributed by atoms with van der Waals surface area (Å²) in [6.07, 6.45) is -5.60. The number of H-pyrrole nitrogens is 1. The van der Waals surface area contributed by atoms with Gasteiger partial charge < -0.3 is 31.1 Å². The van der Waals surface area contributed by atoms with E-state index in [0.29, 0.717) is 28.7 Å². The second-order valence-corrected chi connectivity index (χ2v) is 8.79. The number of aliphatic carboxylic acids is 1. The summed E-state index contributed by atoms with van der Waals surface area (Å²) in [5.74, 6) is -5.26. The number of aromatic nitrogens is 2. The van der Waals surface area contributed by atoms with Crippen molar-refractivity contribution in [3.63, 3.8) is 0 Å². The molecular weight excluding hydrogens is 561 g/mol. The number of guanidine groups is 1. The number of fused-ring (bicyclic) bond motifs is 1. The van der Waals surface area contributed by atoms with E-state index in [-0.39, 0.29) is 30.2 Å². The molecule has 1 aliphatic heterocycles. The second kappa shape index (κ2) is 12.1. The highest BCUT2D eigenvalue weighted by Crippen LogP contribution is 2.29. The molecule has 4 rings (SSSR count). The molecule has 1 aromatic heterocycles. The SMILES string of the molecule is O=C(O)CC(NC(=O)CNC(=O)c1cc(NC2=NCC(F)CN2)c2cn[nH]c2c1)c1ccc(F)c(OC(F)(F)F)c1. The maximum atomic E-state index is 13.8. The Labute approximate surface area is 227 Å². The van der Waals surface area contributed by atoms with Gasteiger partial charge >= 0.3 is 12.3 Å². The number of amides is 2. The number of alkyl halides is 4. The summed E-state index contributed by atoms with van der Waals surface area (Å²) in [7, 11) is 0. The number of nitrogens with zero attached hydrogens (tertiary/aromatic N) is 2. The number of nitrogens with one attached hydrogen (secondary N) is 5. The maximum Gasteiger partial charge on any atom is 0.573 e. The molecule has 1 aliphatic rings. The van der Waals surface area contributed by atoms with Gasteiger partial charge in [0.05, 0.1) is 49.5 Å². The minimum atomic E-state index is -5.21. The van der Waals surface area contributed by atoms with Gasteiger partial charge in [0.1, 0.15) is 6.17 Å². The lowest BCUT2D eigenvalue weighted by atomic mass is 10.0. The summed E-state index contributed by atoms with van der Waals surface area (Å²) in [5.41, 5.74) is 0.779. The normalized spacial score (nSPS) is 15.8. The van der Waals surface area contributed by atoms with Crippen molar-refractivity contribution in [1.29, 1.82) is 0 Å². The van der Waals surface area contributed by atoms with Gasteiger partial charge in [0.15, 0.2) is 17.5 Å². The summed E-state index contributed by atoms with van der Waals surface area (Å²) in [5, 5.41) is 26.9. The van der Waals surface area contributed by atoms with Gasteiger partial charge in [0.25, 0.3) is 5.91 Å². The van der Waals surface area contributed by atoms with Crippen LogP contribution in [0.2, 0.25) is 0 Å². The lowest BCUT2D eigenvalue weighted by Crippen LogP contribution is -2.41. The highest BCUT2D eigenvalue weighted by molar-refractivity contribution is 6.07. The van der Waals surface area contributed by atoms with Gasteiger partial charge in [0.2, 0.25) is 5.91 Å². The van der Waals surface area contributed by atoms with Crippen LogP contribution in [0.4, 0.5) is 27.6 Å². The fraction of sp³-hybridized carbons (Fsp3) is 0.292. The molecule has 2 amide bonds. The summed E-state index contributed by atoms with van der Waals surface area (Å²) in [6, 6.07) is 3.80. The highest BCUT2D eigenvalue weighted by Gasteiger charge is 2.33. The van der Waals surface area contributed by atoms with Crippen LogP contribution < -0.4 is 26.0 Å². The number of carbonyl (C=O) groups is 3. The Bertz CT molecular complexity index is 1490. The van der Waals surface area contributed by atoms with E-state index in [4.69, 9.17) is 0 Å². The lowest BCUT2D eigenvalue weighted by molar-refractivity contribution is -0.275. The molecule has 0 radical (unpaired) electrons. The summed E-state index contributed by atoms with van der Waals surface area (Å²) >= 11 is 0. The predicted molar refractivity (Wildman–Crippen MR) is 133 cm³/mol. The summed E-state index contributed by atoms with van der Waals surface area (Å²) in [4.78, 5) is 40.8. The number of carboxylic acids is 1. The van der Waals surface area contributed by atoms with Crippen molar-refractivity contribution in [2.24, 2.45) is 4.99 Å². The Kier molecular flexibility index (Phi) is 8.53. The second-order valence-electron chi connectivity index (χ2n) is 8.79. The number of carbonyl (C=O) groups excluding carboxylic acids is 2. The number of benzene rings is 2. The van der Waals surface area contributed by atoms with Gasteiger partial charge in [-0.15, -0.1) is 13.2 Å². The number of aliphatic imine (C=N–C) groups is 1. The first kappa shape index (κ1) is 29.0. The van der Waals surface area contributed by atoms with E-state index in [1.165, 1.54) is 18.3 Å². The van der Waals surface area contributed by atoms with Gasteiger partial charge in [-0.05, 0) is 29.8 Å². The Morgan fingerprint density at radius 3 is 2.66 bits per heavy atom. The van der Waals surface area contributed by atoms with Crippen molar-refractivity contribution in [2.75, 3.05) is 25.0 Å². The van der Waals surface area contributed by atoms with Crippen molar-refractivity contribution in [3.05, 3.63) is 53.5 Å². The number of hydrogen-bond donors (Lipinski definition) is 6. The maximum absolute atomic E-state index is 13.8. The molecule has 0 bridgehead atoms. The van der Waals surface area contributed by atoms with Crippen LogP contribution in [0.3, 0.4) is 0 Å². The first-order chi connectivity index (χ1) is 19.4. The molecule has 0 spiro atoms. The molecular formula is C24H22F5N7O5. The number of carboxylic acid groups (broad SMARTS) is 1. The molecule has 0 saturated heterocycles. The van der Waals surface area contributed by atoms with E-state index in [1.807, 2.05) is 0 Å². The van der Waals surface area contributed by atoms with E-state index in [9.17, 15) is 41.4 Å². The molecule has 218 valence electrons. The van der Waals surface area contributed by atoms with Crippen LogP contribution in [0.25, 0.3) is 10.9 Å². The molecule has 6 N–H and O–H groups in total. The van der Waals surface area contributed by atoms with E-state index < -0.39 is 60.9 Å². The molecule has 3 aromatic rings. The summed E-state index contributed by atoms with van der Waals surface area (Å²) < 4.78 is 68.5. The molecule has 0 saturated carbocycles. The van der Waals surface area contributed by atoms with Crippen molar-refractivity contribution < 1.29 is 46.2 Å². The molecule has 2 heterocycles. The van der Waals surface area contributed by atoms with Crippen molar-refractivity contribution in [2.45, 2.75) is 25.0 Å². The largest absolute Gasteiger partial charge is 0.573 e. The average Bonchev–Trinajstić information content (AvgIpc) is 3.38. The number of ether oxygens (including phenoxy) is 1. The van der Waals surface area contributed by atoms with E-state index in [1.54, 1.807) is 0 Å². The van der Waals surface area contributed by atoms with Crippen molar-refractivity contribution in [1.82, 2.24) is 26.1 Å². The molecule has 12 nitrogen and oxygen atoms in total. The van der Waals surface area contributed by atoms with Crippen LogP contribution in [-0.4, -0.2) is 71.2 Å². The summed E-state index contributed by atoms with van der Waals surface area (Å²) in [6.45, 7) is -0.637. The van der Waals surface area contributed by atoms with E-state index in [0.717, 1.165) is 6.07 Å². The number of anilines is 1. The standard InChI is InChI=1S/C24H22F5N7O5/c25-13-7-31-23(32-8-13)35-17-3-12(4-18-14(17)9-33-36-18)22(40)30-10-20(37)34-16(6-21(38)39)11-1-2-15(26)19(5-11)41-24(27,28)29/h1-5,9,13,16H,6-8,10H2,(H,30,40)(H,33,36)(H,34,37)(H,38,39)(H2,31,32,35). The lowest BCUT2D eigenvalue weighted by Gasteiger charge is -2.20. The zero-order valence-corrected chi connectivity index (χ0v) is 20.8.